The smallest absolute Gasteiger partial charge is 0.182 e. The lowest BCUT2D eigenvalue weighted by Crippen LogP contribution is -1.93. The summed E-state index contributed by atoms with van der Waals surface area (Å²) in [4.78, 5) is 12.0. The van der Waals surface area contributed by atoms with Gasteiger partial charge in [0.25, 0.3) is 0 Å². The zero-order chi connectivity index (χ0) is 21.2. The number of hydrogen-bond acceptors (Lipinski definition) is 6. The minimum absolute atomic E-state index is 0.166. The van der Waals surface area contributed by atoms with Gasteiger partial charge in [-0.3, -0.25) is 4.79 Å². The standard InChI is InChI=1S/C23H24O6/c1-27-21-10-6-16(12-18(21)15-24)4-8-19(25)14-20(26)9-5-17-7-11-22(28-2)23(13-17)29-3/h4-14,24,26H,15H2,1-3H3/b8-4+,9-5+,20-14-. The monoisotopic (exact) mass is 396 g/mol. The summed E-state index contributed by atoms with van der Waals surface area (Å²) in [5.41, 5.74) is 2.13. The van der Waals surface area contributed by atoms with Crippen LogP contribution >= 0.6 is 0 Å². The van der Waals surface area contributed by atoms with Gasteiger partial charge in [0, 0.05) is 11.6 Å². The van der Waals surface area contributed by atoms with Crippen LogP contribution in [0.5, 0.6) is 17.2 Å². The molecule has 0 aliphatic heterocycles. The first-order valence-corrected chi connectivity index (χ1v) is 8.81. The molecule has 0 bridgehead atoms. The van der Waals surface area contributed by atoms with E-state index in [1.807, 2.05) is 0 Å². The molecule has 2 N–H and O–H groups in total. The van der Waals surface area contributed by atoms with Crippen LogP contribution in [-0.2, 0) is 11.4 Å². The highest BCUT2D eigenvalue weighted by Gasteiger charge is 2.04. The quantitative estimate of drug-likeness (QED) is 0.379. The third-order valence-electron chi connectivity index (χ3n) is 4.06. The Morgan fingerprint density at radius 3 is 2.07 bits per heavy atom. The number of ether oxygens (including phenoxy) is 3. The maximum atomic E-state index is 12.0. The van der Waals surface area contributed by atoms with Gasteiger partial charge < -0.3 is 24.4 Å². The molecular weight excluding hydrogens is 372 g/mol. The van der Waals surface area contributed by atoms with Crippen LogP contribution in [0.2, 0.25) is 0 Å². The van der Waals surface area contributed by atoms with Crippen molar-refractivity contribution >= 4 is 17.9 Å². The van der Waals surface area contributed by atoms with Gasteiger partial charge in [0.05, 0.1) is 27.9 Å². The van der Waals surface area contributed by atoms with Gasteiger partial charge in [0.1, 0.15) is 11.5 Å². The van der Waals surface area contributed by atoms with Gasteiger partial charge in [-0.2, -0.15) is 0 Å². The molecule has 0 aromatic heterocycles. The number of ketones is 1. The second-order valence-corrected chi connectivity index (χ2v) is 5.98. The fraction of sp³-hybridized carbons (Fsp3) is 0.174. The van der Waals surface area contributed by atoms with Crippen molar-refractivity contribution in [1.82, 2.24) is 0 Å². The predicted octanol–water partition coefficient (Wildman–Crippen LogP) is 3.94. The van der Waals surface area contributed by atoms with Crippen LogP contribution in [-0.4, -0.2) is 37.3 Å². The first-order valence-electron chi connectivity index (χ1n) is 8.81. The molecule has 0 heterocycles. The molecule has 0 saturated heterocycles. The van der Waals surface area contributed by atoms with Crippen LogP contribution in [0.25, 0.3) is 12.2 Å². The van der Waals surface area contributed by atoms with Crippen LogP contribution in [0.3, 0.4) is 0 Å². The Bertz CT molecular complexity index is 940. The van der Waals surface area contributed by atoms with E-state index in [4.69, 9.17) is 14.2 Å². The molecule has 0 radical (unpaired) electrons. The highest BCUT2D eigenvalue weighted by Crippen LogP contribution is 2.28. The van der Waals surface area contributed by atoms with Crippen molar-refractivity contribution < 1.29 is 29.2 Å². The average molecular weight is 396 g/mol. The zero-order valence-electron chi connectivity index (χ0n) is 16.6. The van der Waals surface area contributed by atoms with Crippen molar-refractivity contribution in [3.8, 4) is 17.2 Å². The predicted molar refractivity (Wildman–Crippen MR) is 112 cm³/mol. The second kappa shape index (κ2) is 10.7. The van der Waals surface area contributed by atoms with Gasteiger partial charge in [-0.1, -0.05) is 24.3 Å². The summed E-state index contributed by atoms with van der Waals surface area (Å²) in [7, 11) is 4.62. The van der Waals surface area contributed by atoms with Gasteiger partial charge in [0.15, 0.2) is 17.3 Å². The molecule has 0 unspecified atom stereocenters. The normalized spacial score (nSPS) is 11.8. The number of aliphatic hydroxyl groups excluding tert-OH is 2. The van der Waals surface area contributed by atoms with E-state index in [9.17, 15) is 15.0 Å². The summed E-state index contributed by atoms with van der Waals surface area (Å²) < 4.78 is 15.6. The summed E-state index contributed by atoms with van der Waals surface area (Å²) >= 11 is 0. The Balaban J connectivity index is 2.06. The van der Waals surface area contributed by atoms with E-state index in [0.29, 0.717) is 22.8 Å². The molecule has 2 aromatic carbocycles. The minimum Gasteiger partial charge on any atom is -0.508 e. The highest BCUT2D eigenvalue weighted by atomic mass is 16.5. The molecule has 0 spiro atoms. The lowest BCUT2D eigenvalue weighted by Gasteiger charge is -2.07. The molecule has 0 aliphatic rings. The SMILES string of the molecule is COc1ccc(/C=C/C(=O)/C=C(O)/C=C/c2ccc(OC)c(OC)c2)cc1CO. The largest absolute Gasteiger partial charge is 0.508 e. The third-order valence-corrected chi connectivity index (χ3v) is 4.06. The van der Waals surface area contributed by atoms with E-state index in [-0.39, 0.29) is 18.1 Å². The highest BCUT2D eigenvalue weighted by molar-refractivity contribution is 6.02. The zero-order valence-corrected chi connectivity index (χ0v) is 16.6. The van der Waals surface area contributed by atoms with E-state index in [1.165, 1.54) is 19.3 Å². The number of carbonyl (C=O) groups excluding carboxylic acids is 1. The molecule has 2 rings (SSSR count). The van der Waals surface area contributed by atoms with Gasteiger partial charge in [-0.15, -0.1) is 0 Å². The van der Waals surface area contributed by atoms with E-state index in [0.717, 1.165) is 17.2 Å². The summed E-state index contributed by atoms with van der Waals surface area (Å²) in [6, 6.07) is 10.5. The summed E-state index contributed by atoms with van der Waals surface area (Å²) in [6.07, 6.45) is 7.13. The van der Waals surface area contributed by atoms with Crippen LogP contribution in [0.1, 0.15) is 16.7 Å². The molecular formula is C23H24O6. The molecule has 0 saturated carbocycles. The van der Waals surface area contributed by atoms with Crippen molar-refractivity contribution in [1.29, 1.82) is 0 Å². The molecule has 0 atom stereocenters. The first kappa shape index (κ1) is 21.8. The third kappa shape index (κ3) is 6.26. The molecule has 29 heavy (non-hydrogen) atoms. The van der Waals surface area contributed by atoms with Crippen molar-refractivity contribution in [2.45, 2.75) is 6.61 Å². The fourth-order valence-corrected chi connectivity index (χ4v) is 2.58. The molecule has 0 fully saturated rings. The molecule has 0 aliphatic carbocycles. The Morgan fingerprint density at radius 1 is 0.862 bits per heavy atom. The topological polar surface area (TPSA) is 85.2 Å². The summed E-state index contributed by atoms with van der Waals surface area (Å²) in [5.74, 6) is 1.20. The number of methoxy groups -OCH3 is 3. The summed E-state index contributed by atoms with van der Waals surface area (Å²) in [6.45, 7) is -0.166. The Kier molecular flexibility index (Phi) is 8.06. The molecule has 6 nitrogen and oxygen atoms in total. The maximum Gasteiger partial charge on any atom is 0.182 e. The maximum absolute atomic E-state index is 12.0. The Morgan fingerprint density at radius 2 is 1.45 bits per heavy atom. The van der Waals surface area contributed by atoms with Crippen LogP contribution in [0.15, 0.2) is 60.4 Å². The van der Waals surface area contributed by atoms with E-state index < -0.39 is 0 Å². The molecule has 2 aromatic rings. The molecule has 152 valence electrons. The fourth-order valence-electron chi connectivity index (χ4n) is 2.58. The average Bonchev–Trinajstić information content (AvgIpc) is 2.75. The van der Waals surface area contributed by atoms with Crippen molar-refractivity contribution in [2.24, 2.45) is 0 Å². The van der Waals surface area contributed by atoms with Crippen LogP contribution in [0, 0.1) is 0 Å². The number of allylic oxidation sites excluding steroid dienone is 3. The lowest BCUT2D eigenvalue weighted by molar-refractivity contribution is -0.110. The number of benzene rings is 2. The number of rotatable bonds is 9. The van der Waals surface area contributed by atoms with Gasteiger partial charge in [-0.05, 0) is 47.5 Å². The molecule has 6 heteroatoms. The van der Waals surface area contributed by atoms with E-state index in [1.54, 1.807) is 62.8 Å². The second-order valence-electron chi connectivity index (χ2n) is 5.98. The van der Waals surface area contributed by atoms with Gasteiger partial charge in [-0.25, -0.2) is 0 Å². The van der Waals surface area contributed by atoms with Crippen molar-refractivity contribution in [3.05, 3.63) is 77.1 Å². The van der Waals surface area contributed by atoms with Crippen LogP contribution < -0.4 is 14.2 Å². The molecule has 0 amide bonds. The van der Waals surface area contributed by atoms with Crippen molar-refractivity contribution in [3.63, 3.8) is 0 Å². The van der Waals surface area contributed by atoms with E-state index in [2.05, 4.69) is 0 Å². The van der Waals surface area contributed by atoms with Crippen LogP contribution in [0.4, 0.5) is 0 Å². The lowest BCUT2D eigenvalue weighted by atomic mass is 10.1. The number of aliphatic hydroxyl groups is 2. The van der Waals surface area contributed by atoms with E-state index >= 15 is 0 Å². The Labute approximate surface area is 170 Å². The number of hydrogen-bond donors (Lipinski definition) is 2. The number of carbonyl (C=O) groups is 1. The van der Waals surface area contributed by atoms with Gasteiger partial charge >= 0.3 is 0 Å². The summed E-state index contributed by atoms with van der Waals surface area (Å²) in [5, 5.41) is 19.3. The first-order chi connectivity index (χ1) is 14.0. The van der Waals surface area contributed by atoms with Crippen molar-refractivity contribution in [2.75, 3.05) is 21.3 Å². The Hall–Kier alpha value is -3.51. The minimum atomic E-state index is -0.374. The van der Waals surface area contributed by atoms with Gasteiger partial charge in [0.2, 0.25) is 0 Å².